The molecule has 2 aromatic carbocycles. The van der Waals surface area contributed by atoms with Gasteiger partial charge in [0.1, 0.15) is 5.69 Å². The van der Waals surface area contributed by atoms with Gasteiger partial charge in [-0.2, -0.15) is 5.11 Å². The third-order valence-electron chi connectivity index (χ3n) is 3.48. The molecule has 3 heteroatoms. The molecule has 0 amide bonds. The summed E-state index contributed by atoms with van der Waals surface area (Å²) >= 11 is 0. The number of para-hydroxylation sites is 1. The monoisotopic (exact) mass is 263 g/mol. The lowest BCUT2D eigenvalue weighted by Crippen LogP contribution is -1.76. The Kier molecular flexibility index (Phi) is 3.11. The molecule has 0 aliphatic carbocycles. The zero-order valence-electron chi connectivity index (χ0n) is 11.9. The number of azo groups is 1. The summed E-state index contributed by atoms with van der Waals surface area (Å²) in [5, 5.41) is 10.00. The van der Waals surface area contributed by atoms with E-state index in [4.69, 9.17) is 0 Å². The lowest BCUT2D eigenvalue weighted by molar-refractivity contribution is 1.18. The van der Waals surface area contributed by atoms with Gasteiger partial charge in [0, 0.05) is 16.6 Å². The van der Waals surface area contributed by atoms with Crippen molar-refractivity contribution in [3.63, 3.8) is 0 Å². The van der Waals surface area contributed by atoms with E-state index in [1.807, 2.05) is 19.1 Å². The largest absolute Gasteiger partial charge is 0.357 e. The van der Waals surface area contributed by atoms with Gasteiger partial charge in [-0.05, 0) is 44.0 Å². The number of aryl methyl sites for hydroxylation is 3. The van der Waals surface area contributed by atoms with Crippen molar-refractivity contribution in [3.05, 3.63) is 59.3 Å². The molecule has 0 fully saturated rings. The number of fused-ring (bicyclic) bond motifs is 1. The predicted octanol–water partition coefficient (Wildman–Crippen LogP) is 5.51. The van der Waals surface area contributed by atoms with Crippen LogP contribution in [0.5, 0.6) is 0 Å². The number of hydrogen-bond donors (Lipinski definition) is 1. The molecule has 3 rings (SSSR count). The van der Waals surface area contributed by atoms with Gasteiger partial charge in [0.15, 0.2) is 0 Å². The summed E-state index contributed by atoms with van der Waals surface area (Å²) < 4.78 is 0. The minimum atomic E-state index is 0.918. The average molecular weight is 263 g/mol. The van der Waals surface area contributed by atoms with Gasteiger partial charge in [0.25, 0.3) is 0 Å². The molecule has 0 atom stereocenters. The zero-order valence-corrected chi connectivity index (χ0v) is 11.9. The smallest absolute Gasteiger partial charge is 0.114 e. The predicted molar refractivity (Wildman–Crippen MR) is 83.1 cm³/mol. The van der Waals surface area contributed by atoms with E-state index in [1.54, 1.807) is 0 Å². The van der Waals surface area contributed by atoms with Crippen LogP contribution in [0.15, 0.2) is 52.7 Å². The molecule has 0 bridgehead atoms. The first-order chi connectivity index (χ1) is 9.65. The van der Waals surface area contributed by atoms with Crippen molar-refractivity contribution in [1.82, 2.24) is 4.98 Å². The van der Waals surface area contributed by atoms with Crippen molar-refractivity contribution < 1.29 is 0 Å². The SMILES string of the molecule is Cc1ccc(C)c(N=Nc2c(C)[nH]c3ccccc23)c1. The Balaban J connectivity index is 2.06. The topological polar surface area (TPSA) is 40.5 Å². The average Bonchev–Trinajstić information content (AvgIpc) is 2.75. The molecule has 20 heavy (non-hydrogen) atoms. The van der Waals surface area contributed by atoms with E-state index < -0.39 is 0 Å². The lowest BCUT2D eigenvalue weighted by Gasteiger charge is -2.00. The fourth-order valence-corrected chi connectivity index (χ4v) is 2.32. The van der Waals surface area contributed by atoms with Crippen LogP contribution in [0.25, 0.3) is 10.9 Å². The summed E-state index contributed by atoms with van der Waals surface area (Å²) in [5.74, 6) is 0. The van der Waals surface area contributed by atoms with E-state index in [2.05, 4.69) is 59.4 Å². The summed E-state index contributed by atoms with van der Waals surface area (Å²) in [5.41, 5.74) is 6.31. The van der Waals surface area contributed by atoms with Gasteiger partial charge in [-0.25, -0.2) is 0 Å². The van der Waals surface area contributed by atoms with Gasteiger partial charge in [-0.15, -0.1) is 5.11 Å². The first-order valence-electron chi connectivity index (χ1n) is 6.71. The minimum absolute atomic E-state index is 0.918. The second-order valence-corrected chi connectivity index (χ2v) is 5.13. The van der Waals surface area contributed by atoms with E-state index in [9.17, 15) is 0 Å². The summed E-state index contributed by atoms with van der Waals surface area (Å²) in [6.45, 7) is 6.14. The number of nitrogens with one attached hydrogen (secondary N) is 1. The first kappa shape index (κ1) is 12.6. The maximum Gasteiger partial charge on any atom is 0.114 e. The molecule has 3 nitrogen and oxygen atoms in total. The van der Waals surface area contributed by atoms with Crippen LogP contribution in [0.2, 0.25) is 0 Å². The Labute approximate surface area is 118 Å². The molecule has 1 aromatic heterocycles. The summed E-state index contributed by atoms with van der Waals surface area (Å²) in [7, 11) is 0. The maximum absolute atomic E-state index is 4.46. The summed E-state index contributed by atoms with van der Waals surface area (Å²) in [6, 6.07) is 14.4. The number of benzene rings is 2. The highest BCUT2D eigenvalue weighted by Crippen LogP contribution is 2.31. The highest BCUT2D eigenvalue weighted by molar-refractivity contribution is 5.92. The van der Waals surface area contributed by atoms with Crippen LogP contribution in [0.1, 0.15) is 16.8 Å². The van der Waals surface area contributed by atoms with Gasteiger partial charge >= 0.3 is 0 Å². The molecular weight excluding hydrogens is 246 g/mol. The third kappa shape index (κ3) is 2.23. The number of nitrogens with zero attached hydrogens (tertiary/aromatic N) is 2. The molecule has 0 saturated heterocycles. The molecule has 1 heterocycles. The summed E-state index contributed by atoms with van der Waals surface area (Å²) in [4.78, 5) is 3.34. The molecule has 0 saturated carbocycles. The van der Waals surface area contributed by atoms with E-state index in [0.29, 0.717) is 0 Å². The fourth-order valence-electron chi connectivity index (χ4n) is 2.32. The maximum atomic E-state index is 4.46. The molecule has 100 valence electrons. The third-order valence-corrected chi connectivity index (χ3v) is 3.48. The van der Waals surface area contributed by atoms with Crippen molar-refractivity contribution in [1.29, 1.82) is 0 Å². The van der Waals surface area contributed by atoms with Crippen molar-refractivity contribution >= 4 is 22.3 Å². The number of aromatic amines is 1. The van der Waals surface area contributed by atoms with E-state index in [0.717, 1.165) is 33.5 Å². The Morgan fingerprint density at radius 2 is 1.70 bits per heavy atom. The van der Waals surface area contributed by atoms with Crippen LogP contribution in [0.4, 0.5) is 11.4 Å². The zero-order chi connectivity index (χ0) is 14.1. The summed E-state index contributed by atoms with van der Waals surface area (Å²) in [6.07, 6.45) is 0. The van der Waals surface area contributed by atoms with Gasteiger partial charge in [0.2, 0.25) is 0 Å². The van der Waals surface area contributed by atoms with Crippen molar-refractivity contribution in [2.24, 2.45) is 10.2 Å². The van der Waals surface area contributed by atoms with Gasteiger partial charge in [-0.1, -0.05) is 30.3 Å². The Morgan fingerprint density at radius 1 is 0.900 bits per heavy atom. The fraction of sp³-hybridized carbons (Fsp3) is 0.176. The van der Waals surface area contributed by atoms with Crippen LogP contribution in [0, 0.1) is 20.8 Å². The highest BCUT2D eigenvalue weighted by atomic mass is 15.1. The number of H-pyrrole nitrogens is 1. The van der Waals surface area contributed by atoms with E-state index in [-0.39, 0.29) is 0 Å². The quantitative estimate of drug-likeness (QED) is 0.592. The van der Waals surface area contributed by atoms with E-state index in [1.165, 1.54) is 5.56 Å². The van der Waals surface area contributed by atoms with Gasteiger partial charge in [-0.3, -0.25) is 0 Å². The molecule has 0 unspecified atom stereocenters. The normalized spacial score (nSPS) is 11.6. The van der Waals surface area contributed by atoms with E-state index >= 15 is 0 Å². The Hall–Kier alpha value is -2.42. The van der Waals surface area contributed by atoms with Crippen LogP contribution in [-0.4, -0.2) is 4.98 Å². The Bertz CT molecular complexity index is 797. The molecule has 1 N–H and O–H groups in total. The number of hydrogen-bond acceptors (Lipinski definition) is 2. The van der Waals surface area contributed by atoms with Crippen LogP contribution in [0.3, 0.4) is 0 Å². The van der Waals surface area contributed by atoms with Gasteiger partial charge < -0.3 is 4.98 Å². The Morgan fingerprint density at radius 3 is 2.55 bits per heavy atom. The van der Waals surface area contributed by atoms with Crippen LogP contribution in [-0.2, 0) is 0 Å². The standard InChI is InChI=1S/C17H17N3/c1-11-8-9-12(2)16(10-11)19-20-17-13(3)18-15-7-5-4-6-14(15)17/h4-10,18H,1-3H3. The van der Waals surface area contributed by atoms with Crippen molar-refractivity contribution in [2.45, 2.75) is 20.8 Å². The lowest BCUT2D eigenvalue weighted by atomic mass is 10.1. The van der Waals surface area contributed by atoms with Gasteiger partial charge in [0.05, 0.1) is 5.69 Å². The first-order valence-corrected chi connectivity index (χ1v) is 6.71. The minimum Gasteiger partial charge on any atom is -0.357 e. The highest BCUT2D eigenvalue weighted by Gasteiger charge is 2.07. The molecule has 0 radical (unpaired) electrons. The number of aromatic nitrogens is 1. The second kappa shape index (κ2) is 4.93. The van der Waals surface area contributed by atoms with Crippen LogP contribution >= 0.6 is 0 Å². The molecule has 0 aliphatic rings. The molecular formula is C17H17N3. The van der Waals surface area contributed by atoms with Crippen molar-refractivity contribution in [3.8, 4) is 0 Å². The molecule has 0 spiro atoms. The van der Waals surface area contributed by atoms with Crippen LogP contribution < -0.4 is 0 Å². The second-order valence-electron chi connectivity index (χ2n) is 5.13. The number of rotatable bonds is 2. The van der Waals surface area contributed by atoms with Crippen molar-refractivity contribution in [2.75, 3.05) is 0 Å². The molecule has 3 aromatic rings. The molecule has 0 aliphatic heterocycles.